The lowest BCUT2D eigenvalue weighted by Gasteiger charge is -1.98. The van der Waals surface area contributed by atoms with Crippen LogP contribution in [0.1, 0.15) is 28.8 Å². The van der Waals surface area contributed by atoms with E-state index in [0.29, 0.717) is 5.39 Å². The standard InChI is InChI=1S/C15H17N5OS/c1-5-11-6-12-14(22-11)16-8-20(15(12)21)17-7-13-9(2)18-19(4)10(13)3/h6-8H,5H2,1-4H3/b17-7-. The van der Waals surface area contributed by atoms with Crippen LogP contribution in [0.25, 0.3) is 10.2 Å². The third kappa shape index (κ3) is 2.37. The van der Waals surface area contributed by atoms with Gasteiger partial charge in [-0.3, -0.25) is 9.48 Å². The molecule has 114 valence electrons. The molecule has 0 atom stereocenters. The van der Waals surface area contributed by atoms with Crippen LogP contribution in [0.5, 0.6) is 0 Å². The zero-order chi connectivity index (χ0) is 15.9. The number of hydrogen-bond donors (Lipinski definition) is 0. The zero-order valence-corrected chi connectivity index (χ0v) is 13.8. The van der Waals surface area contributed by atoms with Gasteiger partial charge in [-0.1, -0.05) is 6.92 Å². The van der Waals surface area contributed by atoms with Crippen molar-refractivity contribution in [3.05, 3.63) is 44.6 Å². The number of rotatable bonds is 3. The molecule has 0 aliphatic carbocycles. The van der Waals surface area contributed by atoms with E-state index in [2.05, 4.69) is 22.1 Å². The molecule has 0 aliphatic rings. The average Bonchev–Trinajstić information content (AvgIpc) is 3.02. The molecule has 0 saturated carbocycles. The molecule has 0 unspecified atom stereocenters. The lowest BCUT2D eigenvalue weighted by Crippen LogP contribution is -2.16. The third-order valence-corrected chi connectivity index (χ3v) is 4.90. The molecule has 0 amide bonds. The van der Waals surface area contributed by atoms with Crippen molar-refractivity contribution in [2.45, 2.75) is 27.2 Å². The normalized spacial score (nSPS) is 11.8. The molecule has 0 aromatic carbocycles. The quantitative estimate of drug-likeness (QED) is 0.696. The Labute approximate surface area is 131 Å². The maximum atomic E-state index is 12.4. The molecular formula is C15H17N5OS. The molecule has 0 bridgehead atoms. The van der Waals surface area contributed by atoms with Gasteiger partial charge in [0.25, 0.3) is 5.56 Å². The molecular weight excluding hydrogens is 298 g/mol. The molecule has 0 spiro atoms. The van der Waals surface area contributed by atoms with Crippen molar-refractivity contribution in [3.8, 4) is 0 Å². The Morgan fingerprint density at radius 2 is 2.18 bits per heavy atom. The summed E-state index contributed by atoms with van der Waals surface area (Å²) in [6, 6.07) is 1.90. The highest BCUT2D eigenvalue weighted by Crippen LogP contribution is 2.20. The Bertz CT molecular complexity index is 931. The maximum absolute atomic E-state index is 12.4. The van der Waals surface area contributed by atoms with Crippen LogP contribution >= 0.6 is 11.3 Å². The van der Waals surface area contributed by atoms with Gasteiger partial charge in [0.05, 0.1) is 17.3 Å². The van der Waals surface area contributed by atoms with E-state index >= 15 is 0 Å². The molecule has 3 heterocycles. The van der Waals surface area contributed by atoms with Crippen molar-refractivity contribution in [1.82, 2.24) is 19.4 Å². The van der Waals surface area contributed by atoms with Crippen LogP contribution in [0.15, 0.2) is 22.3 Å². The molecule has 3 aromatic rings. The summed E-state index contributed by atoms with van der Waals surface area (Å²) >= 11 is 1.55. The van der Waals surface area contributed by atoms with Crippen LogP contribution in [0.3, 0.4) is 0 Å². The first kappa shape index (κ1) is 14.6. The van der Waals surface area contributed by atoms with E-state index in [1.807, 2.05) is 27.0 Å². The van der Waals surface area contributed by atoms with Gasteiger partial charge in [0.1, 0.15) is 11.2 Å². The highest BCUT2D eigenvalue weighted by Gasteiger charge is 2.09. The van der Waals surface area contributed by atoms with Crippen molar-refractivity contribution < 1.29 is 0 Å². The van der Waals surface area contributed by atoms with Crippen molar-refractivity contribution in [3.63, 3.8) is 0 Å². The maximum Gasteiger partial charge on any atom is 0.282 e. The van der Waals surface area contributed by atoms with E-state index in [-0.39, 0.29) is 5.56 Å². The smallest absolute Gasteiger partial charge is 0.272 e. The van der Waals surface area contributed by atoms with Gasteiger partial charge in [0.2, 0.25) is 0 Å². The largest absolute Gasteiger partial charge is 0.282 e. The monoisotopic (exact) mass is 315 g/mol. The molecule has 6 nitrogen and oxygen atoms in total. The van der Waals surface area contributed by atoms with Crippen molar-refractivity contribution >= 4 is 27.8 Å². The summed E-state index contributed by atoms with van der Waals surface area (Å²) in [7, 11) is 1.89. The van der Waals surface area contributed by atoms with Crippen LogP contribution in [0.4, 0.5) is 0 Å². The van der Waals surface area contributed by atoms with E-state index in [1.165, 1.54) is 11.0 Å². The van der Waals surface area contributed by atoms with Crippen molar-refractivity contribution in [2.75, 3.05) is 0 Å². The highest BCUT2D eigenvalue weighted by atomic mass is 32.1. The molecule has 22 heavy (non-hydrogen) atoms. The number of nitrogens with zero attached hydrogens (tertiary/aromatic N) is 5. The topological polar surface area (TPSA) is 65.1 Å². The third-order valence-electron chi connectivity index (χ3n) is 3.71. The van der Waals surface area contributed by atoms with E-state index in [9.17, 15) is 4.79 Å². The van der Waals surface area contributed by atoms with Crippen molar-refractivity contribution in [1.29, 1.82) is 0 Å². The van der Waals surface area contributed by atoms with Crippen molar-refractivity contribution in [2.24, 2.45) is 12.1 Å². The Balaban J connectivity index is 2.05. The zero-order valence-electron chi connectivity index (χ0n) is 13.0. The Kier molecular flexibility index (Phi) is 3.66. The Morgan fingerprint density at radius 1 is 1.41 bits per heavy atom. The van der Waals surface area contributed by atoms with Gasteiger partial charge in [-0.25, -0.2) is 4.98 Å². The van der Waals surface area contributed by atoms with Crippen LogP contribution < -0.4 is 5.56 Å². The average molecular weight is 315 g/mol. The summed E-state index contributed by atoms with van der Waals surface area (Å²) in [5, 5.41) is 9.22. The molecule has 3 aromatic heterocycles. The highest BCUT2D eigenvalue weighted by molar-refractivity contribution is 7.18. The number of aromatic nitrogens is 4. The fourth-order valence-corrected chi connectivity index (χ4v) is 3.24. The van der Waals surface area contributed by atoms with Gasteiger partial charge >= 0.3 is 0 Å². The molecule has 0 aliphatic heterocycles. The van der Waals surface area contributed by atoms with Crippen LogP contribution in [0, 0.1) is 13.8 Å². The minimum absolute atomic E-state index is 0.142. The first-order chi connectivity index (χ1) is 10.5. The lowest BCUT2D eigenvalue weighted by atomic mass is 10.2. The van der Waals surface area contributed by atoms with E-state index in [1.54, 1.807) is 22.2 Å². The first-order valence-corrected chi connectivity index (χ1v) is 7.87. The second-order valence-electron chi connectivity index (χ2n) is 5.13. The molecule has 7 heteroatoms. The second kappa shape index (κ2) is 5.49. The van der Waals surface area contributed by atoms with Gasteiger partial charge in [-0.2, -0.15) is 14.9 Å². The summed E-state index contributed by atoms with van der Waals surface area (Å²) < 4.78 is 3.08. The molecule has 0 radical (unpaired) electrons. The Hall–Kier alpha value is -2.28. The minimum Gasteiger partial charge on any atom is -0.272 e. The molecule has 0 fully saturated rings. The predicted octanol–water partition coefficient (Wildman–Crippen LogP) is 2.25. The van der Waals surface area contributed by atoms with Gasteiger partial charge in [0.15, 0.2) is 0 Å². The molecule has 3 rings (SSSR count). The summed E-state index contributed by atoms with van der Waals surface area (Å²) in [6.07, 6.45) is 4.04. The fourth-order valence-electron chi connectivity index (χ4n) is 2.32. The summed E-state index contributed by atoms with van der Waals surface area (Å²) in [5.41, 5.74) is 2.67. The second-order valence-corrected chi connectivity index (χ2v) is 6.25. The van der Waals surface area contributed by atoms with E-state index < -0.39 is 0 Å². The first-order valence-electron chi connectivity index (χ1n) is 7.06. The molecule has 0 N–H and O–H groups in total. The SMILES string of the molecule is CCc1cc2c(=O)n(/N=C\c3c(C)nn(C)c3C)cnc2s1. The summed E-state index contributed by atoms with van der Waals surface area (Å²) in [4.78, 5) is 18.7. The van der Waals surface area contributed by atoms with Gasteiger partial charge < -0.3 is 0 Å². The van der Waals surface area contributed by atoms with E-state index in [4.69, 9.17) is 0 Å². The number of aryl methyl sites for hydroxylation is 3. The minimum atomic E-state index is -0.142. The van der Waals surface area contributed by atoms with Crippen LogP contribution in [0.2, 0.25) is 0 Å². The number of hydrogen-bond acceptors (Lipinski definition) is 5. The lowest BCUT2D eigenvalue weighted by molar-refractivity contribution is 0.731. The van der Waals surface area contributed by atoms with E-state index in [0.717, 1.165) is 33.1 Å². The fraction of sp³-hybridized carbons (Fsp3) is 0.333. The molecule has 0 saturated heterocycles. The number of thiophene rings is 1. The Morgan fingerprint density at radius 3 is 2.82 bits per heavy atom. The predicted molar refractivity (Wildman–Crippen MR) is 88.9 cm³/mol. The van der Waals surface area contributed by atoms with Gasteiger partial charge in [-0.05, 0) is 26.3 Å². The van der Waals surface area contributed by atoms with Crippen LogP contribution in [-0.2, 0) is 13.5 Å². The van der Waals surface area contributed by atoms with Gasteiger partial charge in [0, 0.05) is 23.2 Å². The summed E-state index contributed by atoms with van der Waals surface area (Å²) in [5.74, 6) is 0. The number of fused-ring (bicyclic) bond motifs is 1. The van der Waals surface area contributed by atoms with Gasteiger partial charge in [-0.15, -0.1) is 11.3 Å². The van der Waals surface area contributed by atoms with Crippen LogP contribution in [-0.4, -0.2) is 25.7 Å². The summed E-state index contributed by atoms with van der Waals surface area (Å²) in [6.45, 7) is 5.96.